The summed E-state index contributed by atoms with van der Waals surface area (Å²) in [4.78, 5) is 0. The number of ether oxygens (including phenoxy) is 4. The minimum Gasteiger partial charge on any atom is -0.490 e. The second-order valence-corrected chi connectivity index (χ2v) is 5.53. The van der Waals surface area contributed by atoms with Gasteiger partial charge in [-0.1, -0.05) is 12.2 Å². The molecule has 22 heavy (non-hydrogen) atoms. The van der Waals surface area contributed by atoms with Crippen LogP contribution in [0.1, 0.15) is 17.5 Å². The predicted molar refractivity (Wildman–Crippen MR) is 84.5 cm³/mol. The van der Waals surface area contributed by atoms with Crippen molar-refractivity contribution in [2.45, 2.75) is 31.7 Å². The van der Waals surface area contributed by atoms with E-state index < -0.39 is 0 Å². The summed E-state index contributed by atoms with van der Waals surface area (Å²) in [5.74, 6) is 1.71. The van der Waals surface area contributed by atoms with Crippen molar-refractivity contribution in [2.24, 2.45) is 0 Å². The number of rotatable bonds is 9. The average molecular weight is 302 g/mol. The molecule has 0 saturated carbocycles. The third kappa shape index (κ3) is 3.70. The van der Waals surface area contributed by atoms with Crippen molar-refractivity contribution in [3.05, 3.63) is 48.6 Å². The smallest absolute Gasteiger partial charge is 0.202 e. The molecule has 4 heteroatoms. The molecular formula is C18H22O4. The van der Waals surface area contributed by atoms with Crippen molar-refractivity contribution in [3.8, 4) is 11.5 Å². The van der Waals surface area contributed by atoms with E-state index >= 15 is 0 Å². The highest BCUT2D eigenvalue weighted by Crippen LogP contribution is 2.33. The zero-order valence-electron chi connectivity index (χ0n) is 12.8. The molecule has 1 aromatic carbocycles. The van der Waals surface area contributed by atoms with Crippen molar-refractivity contribution < 1.29 is 18.9 Å². The van der Waals surface area contributed by atoms with Gasteiger partial charge in [0.2, 0.25) is 6.29 Å². The zero-order valence-corrected chi connectivity index (χ0v) is 12.8. The topological polar surface area (TPSA) is 40.2 Å². The lowest BCUT2D eigenvalue weighted by molar-refractivity contribution is -0.165. The van der Waals surface area contributed by atoms with E-state index in [1.54, 1.807) is 0 Å². The first-order valence-electron chi connectivity index (χ1n) is 7.70. The van der Waals surface area contributed by atoms with Crippen molar-refractivity contribution >= 4 is 0 Å². The molecule has 0 amide bonds. The maximum absolute atomic E-state index is 5.93. The Morgan fingerprint density at radius 1 is 1.09 bits per heavy atom. The Labute approximate surface area is 131 Å². The van der Waals surface area contributed by atoms with E-state index in [9.17, 15) is 0 Å². The highest BCUT2D eigenvalue weighted by Gasteiger charge is 2.25. The summed E-state index contributed by atoms with van der Waals surface area (Å²) in [6, 6.07) is 4.07. The number of allylic oxidation sites excluding steroid dienone is 2. The molecule has 0 N–H and O–H groups in total. The summed E-state index contributed by atoms with van der Waals surface area (Å²) in [6.07, 6.45) is 6.23. The molecular weight excluding hydrogens is 280 g/mol. The van der Waals surface area contributed by atoms with Gasteiger partial charge in [-0.2, -0.15) is 0 Å². The van der Waals surface area contributed by atoms with Gasteiger partial charge in [-0.25, -0.2) is 0 Å². The Morgan fingerprint density at radius 2 is 1.73 bits per heavy atom. The summed E-state index contributed by atoms with van der Waals surface area (Å²) in [7, 11) is 0. The van der Waals surface area contributed by atoms with Crippen LogP contribution in [0.25, 0.3) is 0 Å². The van der Waals surface area contributed by atoms with E-state index in [0.29, 0.717) is 6.61 Å². The van der Waals surface area contributed by atoms with Crippen LogP contribution in [0.3, 0.4) is 0 Å². The molecule has 0 bridgehead atoms. The number of benzene rings is 1. The summed E-state index contributed by atoms with van der Waals surface area (Å²) in [5, 5.41) is 0. The molecule has 2 aliphatic heterocycles. The van der Waals surface area contributed by atoms with Crippen molar-refractivity contribution in [1.82, 2.24) is 0 Å². The monoisotopic (exact) mass is 302 g/mol. The largest absolute Gasteiger partial charge is 0.490 e. The highest BCUT2D eigenvalue weighted by atomic mass is 16.7. The van der Waals surface area contributed by atoms with Gasteiger partial charge in [0.1, 0.15) is 24.2 Å². The van der Waals surface area contributed by atoms with E-state index in [-0.39, 0.29) is 12.4 Å². The Balaban J connectivity index is 1.83. The molecule has 1 aromatic rings. The highest BCUT2D eigenvalue weighted by molar-refractivity contribution is 5.48. The summed E-state index contributed by atoms with van der Waals surface area (Å²) < 4.78 is 22.4. The fraction of sp³-hybridized carbons (Fsp3) is 0.444. The van der Waals surface area contributed by atoms with Gasteiger partial charge in [0.05, 0.1) is 13.2 Å². The Bertz CT molecular complexity index is 544. The molecule has 2 fully saturated rings. The van der Waals surface area contributed by atoms with Gasteiger partial charge in [-0.05, 0) is 25.0 Å². The van der Waals surface area contributed by atoms with Crippen LogP contribution in [-0.2, 0) is 22.3 Å². The summed E-state index contributed by atoms with van der Waals surface area (Å²) in [5.41, 5.74) is 2.13. The molecule has 0 spiro atoms. The van der Waals surface area contributed by atoms with Gasteiger partial charge < -0.3 is 18.9 Å². The lowest BCUT2D eigenvalue weighted by Gasteiger charge is -2.28. The Morgan fingerprint density at radius 3 is 2.27 bits per heavy atom. The number of epoxide rings is 1. The summed E-state index contributed by atoms with van der Waals surface area (Å²) >= 11 is 0. The molecule has 2 unspecified atom stereocenters. The van der Waals surface area contributed by atoms with Gasteiger partial charge >= 0.3 is 0 Å². The molecule has 2 aliphatic rings. The van der Waals surface area contributed by atoms with Crippen LogP contribution in [0.2, 0.25) is 0 Å². The van der Waals surface area contributed by atoms with E-state index in [4.69, 9.17) is 18.9 Å². The minimum absolute atomic E-state index is 0.133. The van der Waals surface area contributed by atoms with E-state index in [2.05, 4.69) is 13.2 Å². The maximum Gasteiger partial charge on any atom is 0.202 e. The predicted octanol–water partition coefficient (Wildman–Crippen LogP) is 3.05. The first-order valence-corrected chi connectivity index (χ1v) is 7.70. The normalized spacial score (nSPS) is 22.5. The molecule has 3 rings (SSSR count). The molecule has 2 atom stereocenters. The van der Waals surface area contributed by atoms with Crippen LogP contribution in [0.5, 0.6) is 11.5 Å². The quantitative estimate of drug-likeness (QED) is 0.519. The molecule has 2 saturated heterocycles. The van der Waals surface area contributed by atoms with E-state index in [1.165, 1.54) is 0 Å². The van der Waals surface area contributed by atoms with Crippen LogP contribution in [-0.4, -0.2) is 32.2 Å². The van der Waals surface area contributed by atoms with Crippen LogP contribution in [0.15, 0.2) is 37.4 Å². The van der Waals surface area contributed by atoms with Gasteiger partial charge in [-0.3, -0.25) is 0 Å². The minimum atomic E-state index is -0.133. The Kier molecular flexibility index (Phi) is 4.80. The Hall–Kier alpha value is -1.78. The molecule has 0 aliphatic carbocycles. The second-order valence-electron chi connectivity index (χ2n) is 5.53. The lowest BCUT2D eigenvalue weighted by atomic mass is 10.0. The fourth-order valence-electron chi connectivity index (χ4n) is 2.31. The van der Waals surface area contributed by atoms with Gasteiger partial charge in [-0.15, -0.1) is 13.2 Å². The van der Waals surface area contributed by atoms with Crippen LogP contribution < -0.4 is 9.47 Å². The first-order chi connectivity index (χ1) is 10.8. The zero-order chi connectivity index (χ0) is 15.4. The first kappa shape index (κ1) is 15.1. The molecule has 118 valence electrons. The van der Waals surface area contributed by atoms with Crippen molar-refractivity contribution in [3.63, 3.8) is 0 Å². The second kappa shape index (κ2) is 6.99. The summed E-state index contributed by atoms with van der Waals surface area (Å²) in [6.45, 7) is 9.78. The van der Waals surface area contributed by atoms with E-state index in [1.807, 2.05) is 24.3 Å². The van der Waals surface area contributed by atoms with Crippen LogP contribution in [0.4, 0.5) is 0 Å². The van der Waals surface area contributed by atoms with Gasteiger partial charge in [0.25, 0.3) is 0 Å². The number of hydrogen-bond acceptors (Lipinski definition) is 4. The van der Waals surface area contributed by atoms with Crippen LogP contribution >= 0.6 is 0 Å². The molecule has 2 heterocycles. The van der Waals surface area contributed by atoms with Gasteiger partial charge in [0, 0.05) is 17.5 Å². The molecule has 4 nitrogen and oxygen atoms in total. The molecule has 0 aromatic heterocycles. The third-order valence-electron chi connectivity index (χ3n) is 3.71. The fourth-order valence-corrected chi connectivity index (χ4v) is 2.31. The maximum atomic E-state index is 5.93. The average Bonchev–Trinajstić information content (AvgIpc) is 3.28. The van der Waals surface area contributed by atoms with Crippen LogP contribution in [0, 0.1) is 0 Å². The van der Waals surface area contributed by atoms with E-state index in [0.717, 1.165) is 55.1 Å². The van der Waals surface area contributed by atoms with Crippen molar-refractivity contribution in [2.75, 3.05) is 19.8 Å². The standard InChI is InChI=1S/C18H22O4/c1-3-5-13-10-17(22-18-7-8-19-18)14(6-4-2)9-16(13)21-12-15-11-20-15/h3-4,9-10,15,18H,1-2,5-8,11-12H2. The lowest BCUT2D eigenvalue weighted by Crippen LogP contribution is -2.32. The SMILES string of the molecule is C=CCc1cc(OC2CCO2)c(CC=C)cc1OCC1CO1. The van der Waals surface area contributed by atoms with Gasteiger partial charge in [0.15, 0.2) is 0 Å². The number of hydrogen-bond donors (Lipinski definition) is 0. The molecule has 0 radical (unpaired) electrons. The third-order valence-corrected chi connectivity index (χ3v) is 3.71. The van der Waals surface area contributed by atoms with Crippen molar-refractivity contribution in [1.29, 1.82) is 0 Å².